The van der Waals surface area contributed by atoms with E-state index in [9.17, 15) is 18.0 Å². The summed E-state index contributed by atoms with van der Waals surface area (Å²) >= 11 is 0. The van der Waals surface area contributed by atoms with Crippen molar-refractivity contribution in [2.75, 3.05) is 7.05 Å². The number of nitrogens with one attached hydrogen (secondary N) is 1. The molecule has 2 aromatic carbocycles. The number of carbonyl (C=O) groups excluding carboxylic acids is 2. The number of rotatable bonds is 5. The summed E-state index contributed by atoms with van der Waals surface area (Å²) in [7, 11) is -2.56. The van der Waals surface area contributed by atoms with Crippen LogP contribution in [0.4, 0.5) is 0 Å². The van der Waals surface area contributed by atoms with Gasteiger partial charge in [0.05, 0.1) is 0 Å². The van der Waals surface area contributed by atoms with Gasteiger partial charge in [-0.05, 0) is 43.3 Å². The van der Waals surface area contributed by atoms with Crippen LogP contribution in [0, 0.1) is 0 Å². The van der Waals surface area contributed by atoms with Crippen molar-refractivity contribution in [3.63, 3.8) is 0 Å². The van der Waals surface area contributed by atoms with Crippen molar-refractivity contribution in [1.29, 1.82) is 0 Å². The molecule has 2 rings (SSSR count). The number of carbonyl (C=O) groups is 2. The van der Waals surface area contributed by atoms with Crippen molar-refractivity contribution in [1.82, 2.24) is 5.32 Å². The van der Waals surface area contributed by atoms with Gasteiger partial charge in [-0.1, -0.05) is 12.1 Å². The van der Waals surface area contributed by atoms with Crippen LogP contribution in [0.2, 0.25) is 0 Å². The molecule has 1 N–H and O–H groups in total. The molecule has 0 aromatic heterocycles. The third-order valence-electron chi connectivity index (χ3n) is 3.08. The molecule has 7 heteroatoms. The Morgan fingerprint density at radius 2 is 1.65 bits per heavy atom. The van der Waals surface area contributed by atoms with Crippen molar-refractivity contribution in [2.24, 2.45) is 0 Å². The summed E-state index contributed by atoms with van der Waals surface area (Å²) < 4.78 is 29.5. The predicted molar refractivity (Wildman–Crippen MR) is 84.1 cm³/mol. The Hall–Kier alpha value is -2.67. The Morgan fingerprint density at radius 1 is 1.00 bits per heavy atom. The molecule has 0 atom stereocenters. The molecule has 0 unspecified atom stereocenters. The first kappa shape index (κ1) is 16.7. The van der Waals surface area contributed by atoms with E-state index in [-0.39, 0.29) is 22.3 Å². The van der Waals surface area contributed by atoms with E-state index in [2.05, 4.69) is 5.32 Å². The van der Waals surface area contributed by atoms with Crippen molar-refractivity contribution in [3.05, 3.63) is 59.7 Å². The molecule has 0 spiro atoms. The molecule has 0 aliphatic rings. The van der Waals surface area contributed by atoms with Crippen LogP contribution in [-0.4, -0.2) is 27.2 Å². The number of hydrogen-bond donors (Lipinski definition) is 1. The van der Waals surface area contributed by atoms with Gasteiger partial charge >= 0.3 is 10.1 Å². The van der Waals surface area contributed by atoms with E-state index in [0.717, 1.165) is 0 Å². The van der Waals surface area contributed by atoms with E-state index < -0.39 is 10.1 Å². The molecule has 0 aliphatic heterocycles. The van der Waals surface area contributed by atoms with Crippen LogP contribution in [0.15, 0.2) is 53.4 Å². The number of Topliss-reactive ketones (excluding diaryl/α,β-unsaturated/α-hetero) is 1. The van der Waals surface area contributed by atoms with Gasteiger partial charge in [-0.3, -0.25) is 9.59 Å². The molecule has 1 amide bonds. The zero-order valence-electron chi connectivity index (χ0n) is 12.6. The predicted octanol–water partition coefficient (Wildman–Crippen LogP) is 2.02. The number of amides is 1. The number of benzene rings is 2. The van der Waals surface area contributed by atoms with E-state index in [1.54, 1.807) is 6.07 Å². The summed E-state index contributed by atoms with van der Waals surface area (Å²) in [6, 6.07) is 11.3. The highest BCUT2D eigenvalue weighted by Gasteiger charge is 2.17. The van der Waals surface area contributed by atoms with E-state index in [1.165, 1.54) is 56.4 Å². The quantitative estimate of drug-likeness (QED) is 0.668. The van der Waals surface area contributed by atoms with E-state index in [4.69, 9.17) is 4.18 Å². The van der Waals surface area contributed by atoms with Crippen LogP contribution >= 0.6 is 0 Å². The second-order valence-corrected chi connectivity index (χ2v) is 6.27. The lowest BCUT2D eigenvalue weighted by Gasteiger charge is -2.08. The average molecular weight is 333 g/mol. The lowest BCUT2D eigenvalue weighted by molar-refractivity contribution is 0.0961. The fourth-order valence-electron chi connectivity index (χ4n) is 1.86. The van der Waals surface area contributed by atoms with Gasteiger partial charge in [-0.25, -0.2) is 0 Å². The van der Waals surface area contributed by atoms with E-state index in [0.29, 0.717) is 11.1 Å². The summed E-state index contributed by atoms with van der Waals surface area (Å²) in [6.45, 7) is 1.38. The summed E-state index contributed by atoms with van der Waals surface area (Å²) in [5.41, 5.74) is 0.692. The monoisotopic (exact) mass is 333 g/mol. The first-order valence-electron chi connectivity index (χ1n) is 6.71. The van der Waals surface area contributed by atoms with Crippen LogP contribution in [-0.2, 0) is 10.1 Å². The second kappa shape index (κ2) is 6.62. The molecule has 0 aliphatic carbocycles. The molecule has 120 valence electrons. The molecular formula is C16H15NO5S. The molecule has 6 nitrogen and oxygen atoms in total. The van der Waals surface area contributed by atoms with Crippen molar-refractivity contribution in [3.8, 4) is 5.75 Å². The zero-order chi connectivity index (χ0) is 17.0. The Kier molecular flexibility index (Phi) is 4.80. The highest BCUT2D eigenvalue weighted by atomic mass is 32.2. The molecule has 0 heterocycles. The minimum Gasteiger partial charge on any atom is -0.379 e. The van der Waals surface area contributed by atoms with Gasteiger partial charge in [0.2, 0.25) is 0 Å². The summed E-state index contributed by atoms with van der Waals surface area (Å²) in [4.78, 5) is 22.7. The maximum Gasteiger partial charge on any atom is 0.339 e. The summed E-state index contributed by atoms with van der Waals surface area (Å²) in [6.07, 6.45) is 0. The van der Waals surface area contributed by atoms with Crippen molar-refractivity contribution in [2.45, 2.75) is 11.8 Å². The fourth-order valence-corrected chi connectivity index (χ4v) is 2.78. The molecule has 0 radical (unpaired) electrons. The van der Waals surface area contributed by atoms with Crippen LogP contribution in [0.3, 0.4) is 0 Å². The summed E-state index contributed by atoms with van der Waals surface area (Å²) in [5, 5.41) is 2.44. The molecule has 0 fully saturated rings. The molecule has 0 saturated heterocycles. The maximum atomic E-state index is 12.2. The van der Waals surface area contributed by atoms with Gasteiger partial charge in [0.25, 0.3) is 5.91 Å². The smallest absolute Gasteiger partial charge is 0.339 e. The molecule has 23 heavy (non-hydrogen) atoms. The lowest BCUT2D eigenvalue weighted by atomic mass is 10.1. The van der Waals surface area contributed by atoms with Gasteiger partial charge < -0.3 is 9.50 Å². The maximum absolute atomic E-state index is 12.2. The first-order valence-corrected chi connectivity index (χ1v) is 8.12. The second-order valence-electron chi connectivity index (χ2n) is 4.72. The fraction of sp³-hybridized carbons (Fsp3) is 0.125. The Morgan fingerprint density at radius 3 is 2.22 bits per heavy atom. The standard InChI is InChI=1S/C16H15NO5S/c1-11(18)13-4-3-5-14(10-13)22-23(20,21)15-8-6-12(7-9-15)16(19)17-2/h3-10H,1-2H3,(H,17,19). The van der Waals surface area contributed by atoms with Crippen LogP contribution in [0.1, 0.15) is 27.6 Å². The zero-order valence-corrected chi connectivity index (χ0v) is 13.4. The Balaban J connectivity index is 2.27. The minimum atomic E-state index is -4.05. The Bertz CT molecular complexity index is 841. The lowest BCUT2D eigenvalue weighted by Crippen LogP contribution is -2.18. The van der Waals surface area contributed by atoms with Gasteiger partial charge in [0.1, 0.15) is 10.6 Å². The number of hydrogen-bond acceptors (Lipinski definition) is 5. The molecule has 2 aromatic rings. The average Bonchev–Trinajstić information content (AvgIpc) is 2.54. The number of ketones is 1. The third-order valence-corrected chi connectivity index (χ3v) is 4.34. The molecule has 0 bridgehead atoms. The van der Waals surface area contributed by atoms with Crippen LogP contribution in [0.25, 0.3) is 0 Å². The normalized spacial score (nSPS) is 10.9. The van der Waals surface area contributed by atoms with Crippen molar-refractivity contribution < 1.29 is 22.2 Å². The Labute approximate surface area is 134 Å². The SMILES string of the molecule is CNC(=O)c1ccc(S(=O)(=O)Oc2cccc(C(C)=O)c2)cc1. The summed E-state index contributed by atoms with van der Waals surface area (Å²) in [5.74, 6) is -0.458. The van der Waals surface area contributed by atoms with Gasteiger partial charge in [-0.15, -0.1) is 0 Å². The largest absolute Gasteiger partial charge is 0.379 e. The first-order chi connectivity index (χ1) is 10.8. The third kappa shape index (κ3) is 3.95. The van der Waals surface area contributed by atoms with E-state index >= 15 is 0 Å². The van der Waals surface area contributed by atoms with E-state index in [1.807, 2.05) is 0 Å². The van der Waals surface area contributed by atoms with Crippen molar-refractivity contribution >= 4 is 21.8 Å². The highest BCUT2D eigenvalue weighted by Crippen LogP contribution is 2.20. The molecule has 0 saturated carbocycles. The topological polar surface area (TPSA) is 89.5 Å². The van der Waals surface area contributed by atoms with Crippen LogP contribution in [0.5, 0.6) is 5.75 Å². The molecular weight excluding hydrogens is 318 g/mol. The highest BCUT2D eigenvalue weighted by molar-refractivity contribution is 7.87. The van der Waals surface area contributed by atoms with Crippen LogP contribution < -0.4 is 9.50 Å². The van der Waals surface area contributed by atoms with Gasteiger partial charge in [0, 0.05) is 18.2 Å². The minimum absolute atomic E-state index is 0.0491. The van der Waals surface area contributed by atoms with Gasteiger partial charge in [-0.2, -0.15) is 8.42 Å². The van der Waals surface area contributed by atoms with Gasteiger partial charge in [0.15, 0.2) is 5.78 Å².